The molecule has 1 amide bonds. The molecule has 0 aliphatic carbocycles. The van der Waals surface area contributed by atoms with Gasteiger partial charge >= 0.3 is 0 Å². The Kier molecular flexibility index (Phi) is 4.18. The molecule has 0 saturated carbocycles. The van der Waals surface area contributed by atoms with Crippen molar-refractivity contribution in [2.24, 2.45) is 0 Å². The lowest BCUT2D eigenvalue weighted by Gasteiger charge is -2.36. The molecule has 1 unspecified atom stereocenters. The fourth-order valence-corrected chi connectivity index (χ4v) is 2.98. The van der Waals surface area contributed by atoms with Crippen LogP contribution in [0.5, 0.6) is 11.5 Å². The summed E-state index contributed by atoms with van der Waals surface area (Å²) in [5.74, 6) is 1.66. The minimum atomic E-state index is -0.336. The van der Waals surface area contributed by atoms with Gasteiger partial charge in [0.15, 0.2) is 0 Å². The molecule has 1 fully saturated rings. The zero-order valence-corrected chi connectivity index (χ0v) is 12.7. The van der Waals surface area contributed by atoms with E-state index in [1.165, 1.54) is 0 Å². The van der Waals surface area contributed by atoms with E-state index in [1.54, 1.807) is 7.11 Å². The highest BCUT2D eigenvalue weighted by molar-refractivity contribution is 5.78. The van der Waals surface area contributed by atoms with E-state index in [-0.39, 0.29) is 11.9 Å². The van der Waals surface area contributed by atoms with Crippen molar-refractivity contribution in [1.82, 2.24) is 4.90 Å². The number of aldehydes is 1. The summed E-state index contributed by atoms with van der Waals surface area (Å²) in [6, 6.07) is 5.22. The molecule has 0 N–H and O–H groups in total. The highest BCUT2D eigenvalue weighted by atomic mass is 16.5. The predicted octanol–water partition coefficient (Wildman–Crippen LogP) is 1.08. The molecule has 1 saturated heterocycles. The first-order valence-electron chi connectivity index (χ1n) is 7.53. The number of methoxy groups -OCH3 is 1. The fraction of sp³-hybridized carbons (Fsp3) is 0.500. The maximum Gasteiger partial charge on any atom is 0.222 e. The van der Waals surface area contributed by atoms with E-state index in [2.05, 4.69) is 0 Å². The maximum absolute atomic E-state index is 11.7. The molecule has 0 radical (unpaired) electrons. The van der Waals surface area contributed by atoms with Crippen LogP contribution in [0.4, 0.5) is 5.69 Å². The number of fused-ring (bicyclic) bond motifs is 1. The Morgan fingerprint density at radius 2 is 2.27 bits per heavy atom. The van der Waals surface area contributed by atoms with Gasteiger partial charge in [-0.2, -0.15) is 0 Å². The lowest BCUT2D eigenvalue weighted by Crippen LogP contribution is -2.47. The summed E-state index contributed by atoms with van der Waals surface area (Å²) in [6.45, 7) is 2.37. The van der Waals surface area contributed by atoms with Crippen LogP contribution in [0.15, 0.2) is 18.2 Å². The zero-order valence-electron chi connectivity index (χ0n) is 12.7. The third-order valence-electron chi connectivity index (χ3n) is 4.22. The van der Waals surface area contributed by atoms with Crippen molar-refractivity contribution < 1.29 is 19.1 Å². The second-order valence-electron chi connectivity index (χ2n) is 5.53. The van der Waals surface area contributed by atoms with Gasteiger partial charge in [0.25, 0.3) is 0 Å². The lowest BCUT2D eigenvalue weighted by molar-refractivity contribution is -0.127. The minimum absolute atomic E-state index is 0.196. The number of carbonyl (C=O) groups is 2. The molecule has 2 heterocycles. The number of likely N-dealkylation sites (tertiary alicyclic amines) is 1. The Bertz CT molecular complexity index is 575. The highest BCUT2D eigenvalue weighted by Crippen LogP contribution is 2.36. The largest absolute Gasteiger partial charge is 0.497 e. The number of anilines is 1. The molecule has 2 aliphatic rings. The van der Waals surface area contributed by atoms with E-state index in [4.69, 9.17) is 9.47 Å². The van der Waals surface area contributed by atoms with E-state index in [0.717, 1.165) is 36.4 Å². The van der Waals surface area contributed by atoms with Crippen molar-refractivity contribution in [1.29, 1.82) is 0 Å². The number of ether oxygens (including phenoxy) is 2. The monoisotopic (exact) mass is 304 g/mol. The van der Waals surface area contributed by atoms with Crippen LogP contribution in [-0.4, -0.2) is 56.5 Å². The highest BCUT2D eigenvalue weighted by Gasteiger charge is 2.29. The molecular weight excluding hydrogens is 284 g/mol. The zero-order chi connectivity index (χ0) is 15.5. The molecule has 2 aliphatic heterocycles. The predicted molar refractivity (Wildman–Crippen MR) is 81.5 cm³/mol. The Morgan fingerprint density at radius 1 is 1.41 bits per heavy atom. The second-order valence-corrected chi connectivity index (χ2v) is 5.53. The molecular formula is C16H20N2O4. The Hall–Kier alpha value is -2.24. The minimum Gasteiger partial charge on any atom is -0.497 e. The average molecular weight is 304 g/mol. The van der Waals surface area contributed by atoms with Gasteiger partial charge in [0.2, 0.25) is 5.91 Å². The summed E-state index contributed by atoms with van der Waals surface area (Å²) in [4.78, 5) is 27.0. The van der Waals surface area contributed by atoms with E-state index in [9.17, 15) is 9.59 Å². The van der Waals surface area contributed by atoms with Gasteiger partial charge in [0.05, 0.1) is 12.8 Å². The van der Waals surface area contributed by atoms with Crippen LogP contribution < -0.4 is 14.4 Å². The molecule has 0 bridgehead atoms. The third kappa shape index (κ3) is 2.73. The molecule has 22 heavy (non-hydrogen) atoms. The molecule has 3 rings (SSSR count). The lowest BCUT2D eigenvalue weighted by atomic mass is 10.1. The molecule has 0 aromatic heterocycles. The number of nitrogens with zero attached hydrogens (tertiary/aromatic N) is 2. The molecule has 6 nitrogen and oxygen atoms in total. The summed E-state index contributed by atoms with van der Waals surface area (Å²) in [7, 11) is 1.61. The van der Waals surface area contributed by atoms with Crippen molar-refractivity contribution >= 4 is 17.9 Å². The van der Waals surface area contributed by atoms with Crippen molar-refractivity contribution in [3.8, 4) is 11.5 Å². The molecule has 118 valence electrons. The van der Waals surface area contributed by atoms with Gasteiger partial charge in [0, 0.05) is 32.1 Å². The maximum atomic E-state index is 11.7. The first-order valence-corrected chi connectivity index (χ1v) is 7.53. The average Bonchev–Trinajstić information content (AvgIpc) is 2.97. The number of rotatable bonds is 5. The van der Waals surface area contributed by atoms with Crippen LogP contribution in [-0.2, 0) is 9.59 Å². The van der Waals surface area contributed by atoms with Gasteiger partial charge in [-0.25, -0.2) is 0 Å². The molecule has 0 spiro atoms. The first-order chi connectivity index (χ1) is 10.7. The van der Waals surface area contributed by atoms with Crippen molar-refractivity contribution in [3.05, 3.63) is 18.2 Å². The van der Waals surface area contributed by atoms with Crippen molar-refractivity contribution in [2.45, 2.75) is 18.9 Å². The number of benzene rings is 1. The van der Waals surface area contributed by atoms with E-state index in [1.807, 2.05) is 28.0 Å². The van der Waals surface area contributed by atoms with Crippen molar-refractivity contribution in [3.63, 3.8) is 0 Å². The number of hydrogen-bond donors (Lipinski definition) is 0. The standard InChI is InChI=1S/C16H20N2O4/c1-21-13-4-5-15-14(9-13)18(12(10-19)11-22-15)8-7-17-6-2-3-16(17)20/h4-5,9-10,12H,2-3,6-8,11H2,1H3. The third-order valence-corrected chi connectivity index (χ3v) is 4.22. The van der Waals surface area contributed by atoms with E-state index in [0.29, 0.717) is 26.1 Å². The second kappa shape index (κ2) is 6.25. The van der Waals surface area contributed by atoms with Gasteiger partial charge < -0.3 is 24.1 Å². The van der Waals surface area contributed by atoms with Crippen LogP contribution >= 0.6 is 0 Å². The quantitative estimate of drug-likeness (QED) is 0.762. The first kappa shape index (κ1) is 14.7. The summed E-state index contributed by atoms with van der Waals surface area (Å²) in [5, 5.41) is 0. The Balaban J connectivity index is 1.80. The van der Waals surface area contributed by atoms with Crippen LogP contribution in [0.1, 0.15) is 12.8 Å². The summed E-state index contributed by atoms with van der Waals surface area (Å²) in [6.07, 6.45) is 2.45. The number of hydrogen-bond acceptors (Lipinski definition) is 5. The summed E-state index contributed by atoms with van der Waals surface area (Å²) in [5.41, 5.74) is 0.842. The molecule has 1 aromatic carbocycles. The van der Waals surface area contributed by atoms with Crippen LogP contribution in [0.25, 0.3) is 0 Å². The smallest absolute Gasteiger partial charge is 0.222 e. The van der Waals surface area contributed by atoms with Gasteiger partial charge in [-0.15, -0.1) is 0 Å². The molecule has 1 atom stereocenters. The summed E-state index contributed by atoms with van der Waals surface area (Å²) < 4.78 is 10.9. The van der Waals surface area contributed by atoms with Crippen LogP contribution in [0.2, 0.25) is 0 Å². The normalized spacial score (nSPS) is 20.6. The molecule has 6 heteroatoms. The number of amides is 1. The van der Waals surface area contributed by atoms with Gasteiger partial charge in [0.1, 0.15) is 30.4 Å². The Labute approximate surface area is 129 Å². The molecule has 1 aromatic rings. The van der Waals surface area contributed by atoms with Gasteiger partial charge in [-0.3, -0.25) is 4.79 Å². The Morgan fingerprint density at radius 3 is 2.95 bits per heavy atom. The number of carbonyl (C=O) groups excluding carboxylic acids is 2. The van der Waals surface area contributed by atoms with E-state index < -0.39 is 0 Å². The summed E-state index contributed by atoms with van der Waals surface area (Å²) >= 11 is 0. The van der Waals surface area contributed by atoms with Crippen LogP contribution in [0, 0.1) is 0 Å². The van der Waals surface area contributed by atoms with E-state index >= 15 is 0 Å². The van der Waals surface area contributed by atoms with Gasteiger partial charge in [-0.1, -0.05) is 0 Å². The van der Waals surface area contributed by atoms with Crippen LogP contribution in [0.3, 0.4) is 0 Å². The fourth-order valence-electron chi connectivity index (χ4n) is 2.98. The SMILES string of the molecule is COc1ccc2c(c1)N(CCN1CCCC1=O)C(C=O)CO2. The van der Waals surface area contributed by atoms with Gasteiger partial charge in [-0.05, 0) is 18.6 Å². The topological polar surface area (TPSA) is 59.1 Å². The van der Waals surface area contributed by atoms with Crippen molar-refractivity contribution in [2.75, 3.05) is 38.3 Å².